The van der Waals surface area contributed by atoms with Crippen LogP contribution in [0.25, 0.3) is 11.4 Å². The van der Waals surface area contributed by atoms with E-state index >= 15 is 0 Å². The van der Waals surface area contributed by atoms with E-state index in [1.807, 2.05) is 21.6 Å². The van der Waals surface area contributed by atoms with Gasteiger partial charge in [0.05, 0.1) is 17.7 Å². The number of H-pyrrole nitrogens is 1. The number of carbonyl (C=O) groups excluding carboxylic acids is 1. The molecule has 1 N–H and O–H groups in total. The highest BCUT2D eigenvalue weighted by Gasteiger charge is 2.37. The number of aromatic amines is 1. The number of benzene rings is 1. The number of pyridine rings is 1. The van der Waals surface area contributed by atoms with Gasteiger partial charge in [-0.3, -0.25) is 9.59 Å². The van der Waals surface area contributed by atoms with Crippen molar-refractivity contribution in [2.45, 2.75) is 18.9 Å². The van der Waals surface area contributed by atoms with Crippen molar-refractivity contribution < 1.29 is 9.53 Å². The number of piperidine rings is 1. The molecule has 3 aromatic rings. The third kappa shape index (κ3) is 3.10. The van der Waals surface area contributed by atoms with Crippen molar-refractivity contribution in [3.8, 4) is 17.1 Å². The predicted molar refractivity (Wildman–Crippen MR) is 113 cm³/mol. The van der Waals surface area contributed by atoms with Crippen LogP contribution in [-0.4, -0.2) is 45.5 Å². The van der Waals surface area contributed by atoms with E-state index in [1.54, 1.807) is 30.6 Å². The van der Waals surface area contributed by atoms with E-state index in [0.717, 1.165) is 12.1 Å². The number of amides is 1. The quantitative estimate of drug-likeness (QED) is 0.700. The monoisotopic (exact) mass is 424 g/mol. The third-order valence-electron chi connectivity index (χ3n) is 6.04. The first kappa shape index (κ1) is 18.9. The minimum absolute atomic E-state index is 0.0284. The molecule has 4 heterocycles. The van der Waals surface area contributed by atoms with E-state index < -0.39 is 0 Å². The predicted octanol–water partition coefficient (Wildman–Crippen LogP) is 3.16. The van der Waals surface area contributed by atoms with Gasteiger partial charge in [-0.25, -0.2) is 4.98 Å². The molecule has 1 aromatic carbocycles. The maximum atomic E-state index is 13.1. The molecule has 154 valence electrons. The van der Waals surface area contributed by atoms with Crippen LogP contribution in [0.15, 0.2) is 47.5 Å². The van der Waals surface area contributed by atoms with Gasteiger partial charge in [0.25, 0.3) is 11.5 Å². The number of nitrogens with zero attached hydrogens (tertiary/aromatic N) is 3. The van der Waals surface area contributed by atoms with Crippen LogP contribution in [0.4, 0.5) is 0 Å². The molecule has 2 aliphatic rings. The average Bonchev–Trinajstić information content (AvgIpc) is 3.29. The fourth-order valence-electron chi connectivity index (χ4n) is 4.68. The van der Waals surface area contributed by atoms with Crippen LogP contribution in [-0.2, 0) is 6.54 Å². The van der Waals surface area contributed by atoms with E-state index in [4.69, 9.17) is 16.3 Å². The number of hydrogen-bond acceptors (Lipinski definition) is 4. The van der Waals surface area contributed by atoms with Crippen LogP contribution in [0.3, 0.4) is 0 Å². The standard InChI is InChI=1S/C22H21ClN4O3/c1-30-19-9-14(2-4-17(19)23)21(28)26-10-13-8-15(12-26)18-5-3-16(20-24-6-7-25-20)22(29)27(18)11-13/h2-7,9,13,15H,8,10-12H2,1H3,(H,24,25)/t13-,15+/m0/s1. The van der Waals surface area contributed by atoms with Crippen molar-refractivity contribution in [3.05, 3.63) is 69.4 Å². The molecule has 5 rings (SSSR count). The number of nitrogens with one attached hydrogen (secondary N) is 1. The summed E-state index contributed by atoms with van der Waals surface area (Å²) < 4.78 is 7.12. The van der Waals surface area contributed by atoms with Crippen molar-refractivity contribution in [2.24, 2.45) is 5.92 Å². The second-order valence-electron chi connectivity index (χ2n) is 7.88. The van der Waals surface area contributed by atoms with E-state index in [2.05, 4.69) is 9.97 Å². The molecule has 30 heavy (non-hydrogen) atoms. The SMILES string of the molecule is COc1cc(C(=O)N2C[C@@H]3C[C@H](C2)c2ccc(-c4ncc[nH]4)c(=O)n2C3)ccc1Cl. The van der Waals surface area contributed by atoms with Gasteiger partial charge in [-0.1, -0.05) is 11.6 Å². The van der Waals surface area contributed by atoms with Crippen molar-refractivity contribution >= 4 is 17.5 Å². The number of hydrogen-bond donors (Lipinski definition) is 1. The zero-order chi connectivity index (χ0) is 20.8. The number of carbonyl (C=O) groups is 1. The second kappa shape index (κ2) is 7.32. The van der Waals surface area contributed by atoms with Crippen molar-refractivity contribution in [3.63, 3.8) is 0 Å². The summed E-state index contributed by atoms with van der Waals surface area (Å²) in [5, 5.41) is 0.477. The molecule has 2 aromatic heterocycles. The highest BCUT2D eigenvalue weighted by molar-refractivity contribution is 6.32. The van der Waals surface area contributed by atoms with Crippen LogP contribution in [0.2, 0.25) is 5.02 Å². The lowest BCUT2D eigenvalue weighted by molar-refractivity contribution is 0.0594. The Labute approximate surface area is 178 Å². The van der Waals surface area contributed by atoms with Gasteiger partial charge in [0, 0.05) is 49.2 Å². The largest absolute Gasteiger partial charge is 0.495 e. The number of rotatable bonds is 3. The summed E-state index contributed by atoms with van der Waals surface area (Å²) in [4.78, 5) is 35.3. The van der Waals surface area contributed by atoms with Crippen LogP contribution < -0.4 is 10.3 Å². The van der Waals surface area contributed by atoms with Gasteiger partial charge in [0.1, 0.15) is 11.6 Å². The Kier molecular flexibility index (Phi) is 4.62. The summed E-state index contributed by atoms with van der Waals surface area (Å²) >= 11 is 6.10. The lowest BCUT2D eigenvalue weighted by Gasteiger charge is -2.43. The van der Waals surface area contributed by atoms with Gasteiger partial charge in [0.15, 0.2) is 0 Å². The fraction of sp³-hybridized carbons (Fsp3) is 0.318. The second-order valence-corrected chi connectivity index (χ2v) is 8.29. The van der Waals surface area contributed by atoms with Crippen LogP contribution in [0.5, 0.6) is 5.75 Å². The summed E-state index contributed by atoms with van der Waals surface area (Å²) in [5.74, 6) is 1.40. The molecule has 0 unspecified atom stereocenters. The average molecular weight is 425 g/mol. The molecular weight excluding hydrogens is 404 g/mol. The Bertz CT molecular complexity index is 1170. The maximum absolute atomic E-state index is 13.1. The number of halogens is 1. The van der Waals surface area contributed by atoms with Gasteiger partial charge in [-0.15, -0.1) is 0 Å². The molecule has 8 heteroatoms. The van der Waals surface area contributed by atoms with Crippen LogP contribution >= 0.6 is 11.6 Å². The minimum Gasteiger partial charge on any atom is -0.495 e. The van der Waals surface area contributed by atoms with Crippen molar-refractivity contribution in [2.75, 3.05) is 20.2 Å². The van der Waals surface area contributed by atoms with Gasteiger partial charge in [0.2, 0.25) is 0 Å². The lowest BCUT2D eigenvalue weighted by atomic mass is 9.82. The summed E-state index contributed by atoms with van der Waals surface area (Å²) in [6.07, 6.45) is 4.33. The van der Waals surface area contributed by atoms with Gasteiger partial charge < -0.3 is 19.2 Å². The van der Waals surface area contributed by atoms with Gasteiger partial charge in [-0.2, -0.15) is 0 Å². The first-order valence-corrected chi connectivity index (χ1v) is 10.3. The number of imidazole rings is 1. The molecular formula is C22H21ClN4O3. The molecule has 0 spiro atoms. The van der Waals surface area contributed by atoms with E-state index in [1.165, 1.54) is 7.11 Å². The summed E-state index contributed by atoms with van der Waals surface area (Å²) in [6.45, 7) is 1.81. The molecule has 0 saturated carbocycles. The summed E-state index contributed by atoms with van der Waals surface area (Å²) in [5.41, 5.74) is 2.09. The summed E-state index contributed by atoms with van der Waals surface area (Å²) in [7, 11) is 1.53. The fourth-order valence-corrected chi connectivity index (χ4v) is 4.87. The first-order chi connectivity index (χ1) is 14.5. The molecule has 7 nitrogen and oxygen atoms in total. The molecule has 2 bridgehead atoms. The van der Waals surface area contributed by atoms with Crippen LogP contribution in [0, 0.1) is 5.92 Å². The molecule has 0 aliphatic carbocycles. The van der Waals surface area contributed by atoms with Crippen molar-refractivity contribution in [1.82, 2.24) is 19.4 Å². The molecule has 0 radical (unpaired) electrons. The highest BCUT2D eigenvalue weighted by atomic mass is 35.5. The van der Waals surface area contributed by atoms with E-state index in [-0.39, 0.29) is 23.3 Å². The molecule has 1 fully saturated rings. The van der Waals surface area contributed by atoms with Crippen molar-refractivity contribution in [1.29, 1.82) is 0 Å². The first-order valence-electron chi connectivity index (χ1n) is 9.91. The number of aromatic nitrogens is 3. The number of ether oxygens (including phenoxy) is 1. The van der Waals surface area contributed by atoms with Crippen LogP contribution in [0.1, 0.15) is 28.4 Å². The Morgan fingerprint density at radius 1 is 1.23 bits per heavy atom. The Morgan fingerprint density at radius 3 is 2.87 bits per heavy atom. The zero-order valence-electron chi connectivity index (χ0n) is 16.5. The molecule has 1 saturated heterocycles. The topological polar surface area (TPSA) is 80.2 Å². The lowest BCUT2D eigenvalue weighted by Crippen LogP contribution is -2.49. The normalized spacial score (nSPS) is 20.0. The molecule has 2 aliphatic heterocycles. The minimum atomic E-state index is -0.0392. The highest BCUT2D eigenvalue weighted by Crippen LogP contribution is 2.36. The van der Waals surface area contributed by atoms with Gasteiger partial charge in [-0.05, 0) is 42.7 Å². The number of methoxy groups -OCH3 is 1. The number of fused-ring (bicyclic) bond motifs is 4. The summed E-state index contributed by atoms with van der Waals surface area (Å²) in [6, 6.07) is 8.93. The van der Waals surface area contributed by atoms with E-state index in [0.29, 0.717) is 47.4 Å². The Morgan fingerprint density at radius 2 is 2.10 bits per heavy atom. The third-order valence-corrected chi connectivity index (χ3v) is 6.36. The smallest absolute Gasteiger partial charge is 0.261 e. The maximum Gasteiger partial charge on any atom is 0.261 e. The Hall–Kier alpha value is -3.06. The zero-order valence-corrected chi connectivity index (χ0v) is 17.2. The number of likely N-dealkylation sites (tertiary alicyclic amines) is 1. The molecule has 2 atom stereocenters. The Balaban J connectivity index is 1.44. The molecule has 1 amide bonds. The van der Waals surface area contributed by atoms with Gasteiger partial charge >= 0.3 is 0 Å². The van der Waals surface area contributed by atoms with E-state index in [9.17, 15) is 9.59 Å².